The van der Waals surface area contributed by atoms with E-state index in [-0.39, 0.29) is 17.4 Å². The lowest BCUT2D eigenvalue weighted by Gasteiger charge is -2.43. The molecule has 0 unspecified atom stereocenters. The summed E-state index contributed by atoms with van der Waals surface area (Å²) in [5.41, 5.74) is 2.55. The molecule has 1 fully saturated rings. The first-order chi connectivity index (χ1) is 13.5. The molecule has 0 N–H and O–H groups in total. The Morgan fingerprint density at radius 2 is 1.79 bits per heavy atom. The van der Waals surface area contributed by atoms with Crippen molar-refractivity contribution < 1.29 is 14.3 Å². The van der Waals surface area contributed by atoms with Crippen molar-refractivity contribution in [1.29, 1.82) is 0 Å². The number of amides is 2. The molecule has 0 radical (unpaired) electrons. The minimum Gasteiger partial charge on any atom is -0.497 e. The fraction of sp³-hybridized carbons (Fsp3) is 0.565. The molecule has 0 bridgehead atoms. The van der Waals surface area contributed by atoms with Crippen molar-refractivity contribution in [1.82, 2.24) is 9.80 Å². The molecule has 1 aromatic rings. The van der Waals surface area contributed by atoms with Crippen molar-refractivity contribution >= 4 is 17.4 Å². The van der Waals surface area contributed by atoms with E-state index in [4.69, 9.17) is 4.74 Å². The van der Waals surface area contributed by atoms with E-state index in [2.05, 4.69) is 0 Å². The number of carbonyl (C=O) groups excluding carboxylic acids is 2. The van der Waals surface area contributed by atoms with Gasteiger partial charge in [-0.05, 0) is 43.0 Å². The third kappa shape index (κ3) is 3.43. The fourth-order valence-electron chi connectivity index (χ4n) is 4.77. The zero-order chi connectivity index (χ0) is 20.3. The zero-order valence-corrected chi connectivity index (χ0v) is 17.6. The van der Waals surface area contributed by atoms with E-state index in [1.165, 1.54) is 6.42 Å². The van der Waals surface area contributed by atoms with Crippen LogP contribution in [0.3, 0.4) is 0 Å². The molecular weight excluding hydrogens is 352 g/mol. The number of hydrogen-bond donors (Lipinski definition) is 0. The second-order valence-electron chi connectivity index (χ2n) is 7.80. The van der Waals surface area contributed by atoms with Crippen molar-refractivity contribution in [2.75, 3.05) is 27.2 Å². The van der Waals surface area contributed by atoms with Crippen LogP contribution in [0.4, 0.5) is 0 Å². The van der Waals surface area contributed by atoms with Gasteiger partial charge in [-0.2, -0.15) is 0 Å². The van der Waals surface area contributed by atoms with E-state index in [0.29, 0.717) is 19.5 Å². The van der Waals surface area contributed by atoms with E-state index in [9.17, 15) is 9.59 Å². The molecule has 2 aliphatic rings. The van der Waals surface area contributed by atoms with E-state index in [1.807, 2.05) is 55.0 Å². The average molecular weight is 385 g/mol. The van der Waals surface area contributed by atoms with Gasteiger partial charge in [-0.3, -0.25) is 9.59 Å². The molecule has 5 nitrogen and oxygen atoms in total. The second kappa shape index (κ2) is 8.38. The molecule has 0 atom stereocenters. The summed E-state index contributed by atoms with van der Waals surface area (Å²) in [5.74, 6) is 0.979. The molecule has 1 heterocycles. The molecule has 28 heavy (non-hydrogen) atoms. The third-order valence-corrected chi connectivity index (χ3v) is 6.47. The number of nitrogens with zero attached hydrogens (tertiary/aromatic N) is 2. The number of carbonyl (C=O) groups is 2. The largest absolute Gasteiger partial charge is 0.497 e. The first kappa shape index (κ1) is 20.4. The SMILES string of the molecule is CCC(=O)N(CC)CC1=C(c2ccc(OC)cc2)C(=O)N(C)C12CCCCC2. The van der Waals surface area contributed by atoms with Crippen LogP contribution in [-0.4, -0.2) is 54.4 Å². The summed E-state index contributed by atoms with van der Waals surface area (Å²) < 4.78 is 5.28. The van der Waals surface area contributed by atoms with Crippen molar-refractivity contribution in [2.45, 2.75) is 57.9 Å². The maximum absolute atomic E-state index is 13.4. The topological polar surface area (TPSA) is 49.9 Å². The lowest BCUT2D eigenvalue weighted by molar-refractivity contribution is -0.130. The maximum Gasteiger partial charge on any atom is 0.255 e. The second-order valence-corrected chi connectivity index (χ2v) is 7.80. The van der Waals surface area contributed by atoms with Gasteiger partial charge in [0.05, 0.1) is 18.2 Å². The Balaban J connectivity index is 2.12. The lowest BCUT2D eigenvalue weighted by Crippen LogP contribution is -2.49. The molecule has 3 rings (SSSR count). The minimum atomic E-state index is -0.258. The van der Waals surface area contributed by atoms with E-state index >= 15 is 0 Å². The Labute approximate surface area is 168 Å². The van der Waals surface area contributed by atoms with Crippen molar-refractivity contribution in [3.8, 4) is 5.75 Å². The summed E-state index contributed by atoms with van der Waals surface area (Å²) >= 11 is 0. The number of hydrogen-bond acceptors (Lipinski definition) is 3. The Kier molecular flexibility index (Phi) is 6.11. The van der Waals surface area contributed by atoms with Gasteiger partial charge in [0.2, 0.25) is 5.91 Å². The molecule has 1 saturated carbocycles. The highest BCUT2D eigenvalue weighted by atomic mass is 16.5. The molecule has 0 saturated heterocycles. The molecule has 5 heteroatoms. The van der Waals surface area contributed by atoms with Gasteiger partial charge in [-0.1, -0.05) is 38.3 Å². The highest BCUT2D eigenvalue weighted by Crippen LogP contribution is 2.48. The molecule has 1 spiro atoms. The summed E-state index contributed by atoms with van der Waals surface area (Å²) in [5, 5.41) is 0. The van der Waals surface area contributed by atoms with Crippen LogP contribution in [-0.2, 0) is 9.59 Å². The Hall–Kier alpha value is -2.30. The van der Waals surface area contributed by atoms with E-state index in [1.54, 1.807) is 7.11 Å². The summed E-state index contributed by atoms with van der Waals surface area (Å²) in [6.45, 7) is 5.09. The highest BCUT2D eigenvalue weighted by molar-refractivity contribution is 6.23. The Morgan fingerprint density at radius 1 is 1.14 bits per heavy atom. The summed E-state index contributed by atoms with van der Waals surface area (Å²) in [6.07, 6.45) is 5.87. The molecule has 1 aliphatic heterocycles. The van der Waals surface area contributed by atoms with Crippen molar-refractivity contribution in [3.05, 3.63) is 35.4 Å². The molecule has 0 aromatic heterocycles. The number of rotatable bonds is 6. The zero-order valence-electron chi connectivity index (χ0n) is 17.6. The quantitative estimate of drug-likeness (QED) is 0.748. The molecule has 1 aliphatic carbocycles. The van der Waals surface area contributed by atoms with Crippen LogP contribution in [0.5, 0.6) is 5.75 Å². The third-order valence-electron chi connectivity index (χ3n) is 6.47. The fourth-order valence-corrected chi connectivity index (χ4v) is 4.77. The monoisotopic (exact) mass is 384 g/mol. The number of methoxy groups -OCH3 is 1. The summed E-state index contributed by atoms with van der Waals surface area (Å²) in [7, 11) is 3.57. The number of ether oxygens (including phenoxy) is 1. The standard InChI is InChI=1S/C23H32N2O3/c1-5-20(26)25(6-2)16-19-21(17-10-12-18(28-4)13-11-17)22(27)24(3)23(19)14-8-7-9-15-23/h10-13H,5-9,14-16H2,1-4H3. The molecule has 1 aromatic carbocycles. The van der Waals surface area contributed by atoms with Gasteiger partial charge in [0.1, 0.15) is 5.75 Å². The summed E-state index contributed by atoms with van der Waals surface area (Å²) in [4.78, 5) is 29.7. The molecule has 2 amide bonds. The van der Waals surface area contributed by atoms with Crippen LogP contribution in [0.15, 0.2) is 29.8 Å². The van der Waals surface area contributed by atoms with Crippen LogP contribution in [0.1, 0.15) is 57.9 Å². The van der Waals surface area contributed by atoms with Gasteiger partial charge in [0.15, 0.2) is 0 Å². The van der Waals surface area contributed by atoms with Gasteiger partial charge in [0, 0.05) is 26.6 Å². The average Bonchev–Trinajstić information content (AvgIpc) is 2.93. The van der Waals surface area contributed by atoms with Crippen LogP contribution in [0, 0.1) is 0 Å². The van der Waals surface area contributed by atoms with Gasteiger partial charge < -0.3 is 14.5 Å². The van der Waals surface area contributed by atoms with Crippen LogP contribution in [0.2, 0.25) is 0 Å². The number of benzene rings is 1. The molecule has 152 valence electrons. The van der Waals surface area contributed by atoms with Crippen molar-refractivity contribution in [3.63, 3.8) is 0 Å². The highest BCUT2D eigenvalue weighted by Gasteiger charge is 2.50. The van der Waals surface area contributed by atoms with Crippen LogP contribution >= 0.6 is 0 Å². The number of likely N-dealkylation sites (N-methyl/N-ethyl adjacent to an activating group) is 2. The minimum absolute atomic E-state index is 0.0714. The predicted octanol–water partition coefficient (Wildman–Crippen LogP) is 3.88. The van der Waals surface area contributed by atoms with E-state index < -0.39 is 0 Å². The Morgan fingerprint density at radius 3 is 2.32 bits per heavy atom. The maximum atomic E-state index is 13.4. The first-order valence-electron chi connectivity index (χ1n) is 10.4. The Bertz CT molecular complexity index is 761. The smallest absolute Gasteiger partial charge is 0.255 e. The van der Waals surface area contributed by atoms with E-state index in [0.717, 1.165) is 48.1 Å². The van der Waals surface area contributed by atoms with Crippen molar-refractivity contribution in [2.24, 2.45) is 0 Å². The van der Waals surface area contributed by atoms with Gasteiger partial charge in [-0.15, -0.1) is 0 Å². The van der Waals surface area contributed by atoms with Crippen LogP contribution < -0.4 is 4.74 Å². The normalized spacial score (nSPS) is 18.7. The van der Waals surface area contributed by atoms with Crippen LogP contribution in [0.25, 0.3) is 5.57 Å². The summed E-state index contributed by atoms with van der Waals surface area (Å²) in [6, 6.07) is 7.71. The lowest BCUT2D eigenvalue weighted by atomic mass is 9.75. The first-order valence-corrected chi connectivity index (χ1v) is 10.4. The molecular formula is C23H32N2O3. The predicted molar refractivity (Wildman–Crippen MR) is 111 cm³/mol. The van der Waals surface area contributed by atoms with Gasteiger partial charge in [0.25, 0.3) is 5.91 Å². The van der Waals surface area contributed by atoms with Gasteiger partial charge in [-0.25, -0.2) is 0 Å². The van der Waals surface area contributed by atoms with Gasteiger partial charge >= 0.3 is 0 Å².